The molecule has 2 aromatic rings. The number of aromatic amines is 1. The average molecular weight is 271 g/mol. The van der Waals surface area contributed by atoms with Crippen molar-refractivity contribution in [3.8, 4) is 11.3 Å². The van der Waals surface area contributed by atoms with Gasteiger partial charge in [-0.25, -0.2) is 0 Å². The van der Waals surface area contributed by atoms with Crippen molar-refractivity contribution >= 4 is 11.6 Å². The number of H-pyrrole nitrogens is 1. The monoisotopic (exact) mass is 271 g/mol. The fourth-order valence-corrected chi connectivity index (χ4v) is 2.58. The number of aromatic nitrogens is 2. The summed E-state index contributed by atoms with van der Waals surface area (Å²) in [6.07, 6.45) is 4.60. The van der Waals surface area contributed by atoms with Crippen LogP contribution in [0, 0.1) is 0 Å². The molecule has 0 atom stereocenters. The predicted octanol–water partition coefficient (Wildman–Crippen LogP) is 2.32. The number of benzene rings is 1. The van der Waals surface area contributed by atoms with Crippen LogP contribution in [0.2, 0.25) is 0 Å². The fraction of sp³-hybridized carbons (Fsp3) is 0.333. The van der Waals surface area contributed by atoms with Crippen molar-refractivity contribution in [3.05, 3.63) is 36.5 Å². The Balaban J connectivity index is 1.71. The van der Waals surface area contributed by atoms with Crippen LogP contribution >= 0.6 is 0 Å². The zero-order valence-electron chi connectivity index (χ0n) is 11.1. The van der Waals surface area contributed by atoms with Gasteiger partial charge in [-0.3, -0.25) is 9.89 Å². The second-order valence-electron chi connectivity index (χ2n) is 5.24. The molecule has 1 aliphatic rings. The minimum absolute atomic E-state index is 0.302. The third kappa shape index (κ3) is 2.44. The van der Waals surface area contributed by atoms with Crippen LogP contribution in [0.3, 0.4) is 0 Å². The Hall–Kier alpha value is -2.14. The zero-order chi connectivity index (χ0) is 14.0. The number of nitrogens with one attached hydrogen (secondary N) is 2. The summed E-state index contributed by atoms with van der Waals surface area (Å²) in [6, 6.07) is 9.34. The summed E-state index contributed by atoms with van der Waals surface area (Å²) in [7, 11) is 0. The predicted molar refractivity (Wildman–Crippen MR) is 76.1 cm³/mol. The summed E-state index contributed by atoms with van der Waals surface area (Å²) in [5, 5.41) is 19.8. The first kappa shape index (κ1) is 12.9. The van der Waals surface area contributed by atoms with Crippen molar-refractivity contribution in [2.45, 2.75) is 31.3 Å². The second kappa shape index (κ2) is 5.09. The highest BCUT2D eigenvalue weighted by Crippen LogP contribution is 2.30. The first-order chi connectivity index (χ1) is 9.67. The van der Waals surface area contributed by atoms with E-state index in [1.54, 1.807) is 6.20 Å². The number of aliphatic hydroxyl groups is 1. The maximum absolute atomic E-state index is 12.1. The molecule has 3 N–H and O–H groups in total. The van der Waals surface area contributed by atoms with Crippen molar-refractivity contribution in [1.29, 1.82) is 0 Å². The van der Waals surface area contributed by atoms with Crippen molar-refractivity contribution in [3.63, 3.8) is 0 Å². The Labute approximate surface area is 117 Å². The number of rotatable bonds is 3. The molecular weight excluding hydrogens is 254 g/mol. The van der Waals surface area contributed by atoms with Gasteiger partial charge in [0.05, 0.1) is 5.69 Å². The van der Waals surface area contributed by atoms with Gasteiger partial charge in [-0.15, -0.1) is 0 Å². The van der Waals surface area contributed by atoms with E-state index in [0.29, 0.717) is 18.5 Å². The molecule has 1 amide bonds. The lowest BCUT2D eigenvalue weighted by atomic mass is 10.0. The van der Waals surface area contributed by atoms with Crippen LogP contribution in [0.4, 0.5) is 5.69 Å². The minimum Gasteiger partial charge on any atom is -0.380 e. The number of nitrogens with zero attached hydrogens (tertiary/aromatic N) is 1. The smallest absolute Gasteiger partial charge is 0.256 e. The van der Waals surface area contributed by atoms with Crippen molar-refractivity contribution in [2.75, 3.05) is 5.32 Å². The molecule has 0 aliphatic heterocycles. The van der Waals surface area contributed by atoms with Gasteiger partial charge in [-0.05, 0) is 49.4 Å². The zero-order valence-corrected chi connectivity index (χ0v) is 11.1. The number of carbonyl (C=O) groups excluding carboxylic acids is 1. The van der Waals surface area contributed by atoms with Gasteiger partial charge in [0.15, 0.2) is 0 Å². The molecule has 104 valence electrons. The highest BCUT2D eigenvalue weighted by Gasteiger charge is 2.38. The topological polar surface area (TPSA) is 78.0 Å². The molecule has 1 heterocycles. The van der Waals surface area contributed by atoms with Gasteiger partial charge in [0.25, 0.3) is 5.91 Å². The molecule has 0 radical (unpaired) electrons. The summed E-state index contributed by atoms with van der Waals surface area (Å²) in [4.78, 5) is 12.1. The van der Waals surface area contributed by atoms with Gasteiger partial charge in [0.1, 0.15) is 5.60 Å². The normalized spacial score (nSPS) is 17.1. The average Bonchev–Trinajstić information content (AvgIpc) is 3.11. The highest BCUT2D eigenvalue weighted by atomic mass is 16.3. The molecule has 1 aromatic heterocycles. The lowest BCUT2D eigenvalue weighted by Crippen LogP contribution is -2.40. The molecular formula is C15H17N3O2. The van der Waals surface area contributed by atoms with E-state index in [0.717, 1.165) is 24.1 Å². The molecule has 0 bridgehead atoms. The number of hydrogen-bond donors (Lipinski definition) is 3. The Morgan fingerprint density at radius 1 is 1.20 bits per heavy atom. The van der Waals surface area contributed by atoms with E-state index in [1.807, 2.05) is 30.3 Å². The summed E-state index contributed by atoms with van der Waals surface area (Å²) in [5.41, 5.74) is 1.43. The minimum atomic E-state index is -1.19. The van der Waals surface area contributed by atoms with Crippen LogP contribution in [0.15, 0.2) is 36.5 Å². The maximum Gasteiger partial charge on any atom is 0.256 e. The molecule has 5 nitrogen and oxygen atoms in total. The standard InChI is InChI=1S/C15H17N3O2/c19-14(15(20)8-1-2-9-15)17-12-5-3-11(4-6-12)13-7-10-16-18-13/h3-7,10,20H,1-2,8-9H2,(H,16,18)(H,17,19). The van der Waals surface area contributed by atoms with E-state index in [9.17, 15) is 9.90 Å². The Morgan fingerprint density at radius 3 is 2.50 bits per heavy atom. The van der Waals surface area contributed by atoms with Gasteiger partial charge in [-0.2, -0.15) is 5.10 Å². The Morgan fingerprint density at radius 2 is 1.90 bits per heavy atom. The van der Waals surface area contributed by atoms with Gasteiger partial charge >= 0.3 is 0 Å². The SMILES string of the molecule is O=C(Nc1ccc(-c2ccn[nH]2)cc1)C1(O)CCCC1. The van der Waals surface area contributed by atoms with Crippen molar-refractivity contribution in [1.82, 2.24) is 10.2 Å². The van der Waals surface area contributed by atoms with Crippen LogP contribution < -0.4 is 5.32 Å². The van der Waals surface area contributed by atoms with E-state index in [1.165, 1.54) is 0 Å². The first-order valence-electron chi connectivity index (χ1n) is 6.81. The van der Waals surface area contributed by atoms with E-state index in [-0.39, 0.29) is 5.91 Å². The van der Waals surface area contributed by atoms with Crippen LogP contribution in [0.1, 0.15) is 25.7 Å². The molecule has 20 heavy (non-hydrogen) atoms. The molecule has 1 saturated carbocycles. The third-order valence-corrected chi connectivity index (χ3v) is 3.81. The van der Waals surface area contributed by atoms with Crippen molar-refractivity contribution < 1.29 is 9.90 Å². The van der Waals surface area contributed by atoms with E-state index >= 15 is 0 Å². The molecule has 5 heteroatoms. The van der Waals surface area contributed by atoms with E-state index < -0.39 is 5.60 Å². The molecule has 1 fully saturated rings. The van der Waals surface area contributed by atoms with Gasteiger partial charge in [0, 0.05) is 11.9 Å². The first-order valence-corrected chi connectivity index (χ1v) is 6.81. The van der Waals surface area contributed by atoms with Crippen LogP contribution in [0.25, 0.3) is 11.3 Å². The van der Waals surface area contributed by atoms with Gasteiger partial charge in [-0.1, -0.05) is 12.1 Å². The molecule has 1 aliphatic carbocycles. The van der Waals surface area contributed by atoms with Gasteiger partial charge < -0.3 is 10.4 Å². The van der Waals surface area contributed by atoms with E-state index in [4.69, 9.17) is 0 Å². The molecule has 0 spiro atoms. The lowest BCUT2D eigenvalue weighted by Gasteiger charge is -2.20. The fourth-order valence-electron chi connectivity index (χ4n) is 2.58. The number of amides is 1. The van der Waals surface area contributed by atoms with E-state index in [2.05, 4.69) is 15.5 Å². The lowest BCUT2D eigenvalue weighted by molar-refractivity contribution is -0.133. The highest BCUT2D eigenvalue weighted by molar-refractivity contribution is 5.97. The summed E-state index contributed by atoms with van der Waals surface area (Å²) < 4.78 is 0. The van der Waals surface area contributed by atoms with Crippen molar-refractivity contribution in [2.24, 2.45) is 0 Å². The third-order valence-electron chi connectivity index (χ3n) is 3.81. The molecule has 1 aromatic carbocycles. The second-order valence-corrected chi connectivity index (χ2v) is 5.24. The molecule has 3 rings (SSSR count). The van der Waals surface area contributed by atoms with Gasteiger partial charge in [0.2, 0.25) is 0 Å². The maximum atomic E-state index is 12.1. The Kier molecular flexibility index (Phi) is 3.28. The number of hydrogen-bond acceptors (Lipinski definition) is 3. The largest absolute Gasteiger partial charge is 0.380 e. The van der Waals surface area contributed by atoms with Crippen LogP contribution in [-0.4, -0.2) is 26.8 Å². The molecule has 0 unspecified atom stereocenters. The molecule has 0 saturated heterocycles. The summed E-state index contributed by atoms with van der Waals surface area (Å²) >= 11 is 0. The Bertz CT molecular complexity index is 584. The summed E-state index contributed by atoms with van der Waals surface area (Å²) in [5.74, 6) is -0.302. The number of anilines is 1. The quantitative estimate of drug-likeness (QED) is 0.801. The van der Waals surface area contributed by atoms with Crippen LogP contribution in [-0.2, 0) is 4.79 Å². The summed E-state index contributed by atoms with van der Waals surface area (Å²) in [6.45, 7) is 0. The van der Waals surface area contributed by atoms with Crippen LogP contribution in [0.5, 0.6) is 0 Å². The number of carbonyl (C=O) groups is 1.